The Morgan fingerprint density at radius 2 is 1.16 bits per heavy atom. The third-order valence-electron chi connectivity index (χ3n) is 5.99. The fourth-order valence-electron chi connectivity index (χ4n) is 3.79. The second-order valence-electron chi connectivity index (χ2n) is 8.98. The maximum Gasteiger partial charge on any atom is 0.344 e. The highest BCUT2D eigenvalue weighted by Gasteiger charge is 2.15. The van der Waals surface area contributed by atoms with E-state index in [0.29, 0.717) is 48.8 Å². The molecular formula is C34H34O10. The first-order valence-electron chi connectivity index (χ1n) is 13.6. The predicted octanol–water partition coefficient (Wildman–Crippen LogP) is 5.82. The average Bonchev–Trinajstić information content (AvgIpc) is 3.06. The monoisotopic (exact) mass is 602 g/mol. The van der Waals surface area contributed by atoms with Gasteiger partial charge in [0, 0.05) is 12.1 Å². The normalized spacial score (nSPS) is 9.98. The van der Waals surface area contributed by atoms with E-state index in [2.05, 4.69) is 0 Å². The molecule has 0 unspecified atom stereocenters. The molecular weight excluding hydrogens is 568 g/mol. The molecule has 230 valence electrons. The summed E-state index contributed by atoms with van der Waals surface area (Å²) in [6.07, 6.45) is 1.20. The number of ether oxygens (including phenoxy) is 6. The summed E-state index contributed by atoms with van der Waals surface area (Å²) < 4.78 is 32.0. The van der Waals surface area contributed by atoms with Crippen molar-refractivity contribution < 1.29 is 47.9 Å². The zero-order valence-electron chi connectivity index (χ0n) is 24.7. The molecule has 0 aliphatic rings. The molecule has 4 aromatic carbocycles. The number of phenolic OH excluding ortho intramolecular Hbond substituents is 1. The molecule has 0 amide bonds. The third-order valence-corrected chi connectivity index (χ3v) is 5.99. The van der Waals surface area contributed by atoms with Gasteiger partial charge in [0.05, 0.1) is 32.0 Å². The summed E-state index contributed by atoms with van der Waals surface area (Å²) in [5.74, 6) is 1.22. The van der Waals surface area contributed by atoms with Gasteiger partial charge in [0.15, 0.2) is 42.2 Å². The highest BCUT2D eigenvalue weighted by atomic mass is 16.6. The summed E-state index contributed by atoms with van der Waals surface area (Å²) in [5, 5.41) is 9.64. The molecule has 10 heteroatoms. The van der Waals surface area contributed by atoms with E-state index in [4.69, 9.17) is 28.4 Å². The molecule has 0 aliphatic heterocycles. The fraction of sp³-hybridized carbons (Fsp3) is 0.206. The van der Waals surface area contributed by atoms with Crippen molar-refractivity contribution in [2.75, 3.05) is 27.4 Å². The minimum absolute atomic E-state index is 0.126. The molecule has 4 rings (SSSR count). The first kappa shape index (κ1) is 33.0. The number of carbonyl (C=O) groups is 3. The predicted molar refractivity (Wildman–Crippen MR) is 162 cm³/mol. The molecule has 0 aromatic heterocycles. The van der Waals surface area contributed by atoms with E-state index < -0.39 is 5.97 Å². The molecule has 0 saturated carbocycles. The van der Waals surface area contributed by atoms with Crippen LogP contribution in [0.15, 0.2) is 84.9 Å². The molecule has 4 aromatic rings. The summed E-state index contributed by atoms with van der Waals surface area (Å²) in [6, 6.07) is 25.1. The lowest BCUT2D eigenvalue weighted by Gasteiger charge is -2.14. The Hall–Kier alpha value is -5.51. The summed E-state index contributed by atoms with van der Waals surface area (Å²) in [6.45, 7) is 2.36. The number of phenols is 1. The van der Waals surface area contributed by atoms with Gasteiger partial charge in [-0.15, -0.1) is 0 Å². The molecule has 0 bridgehead atoms. The van der Waals surface area contributed by atoms with E-state index >= 15 is 0 Å². The van der Waals surface area contributed by atoms with Crippen LogP contribution < -0.4 is 23.7 Å². The minimum Gasteiger partial charge on any atom is -0.507 e. The van der Waals surface area contributed by atoms with E-state index in [-0.39, 0.29) is 35.8 Å². The summed E-state index contributed by atoms with van der Waals surface area (Å²) in [7, 11) is 2.97. The van der Waals surface area contributed by atoms with Gasteiger partial charge < -0.3 is 33.5 Å². The van der Waals surface area contributed by atoms with Crippen LogP contribution in [0.3, 0.4) is 0 Å². The minimum atomic E-state index is -0.512. The molecule has 0 fully saturated rings. The Labute approximate surface area is 255 Å². The Kier molecular flexibility index (Phi) is 13.1. The van der Waals surface area contributed by atoms with Gasteiger partial charge in [0.25, 0.3) is 0 Å². The topological polar surface area (TPSA) is 127 Å². The van der Waals surface area contributed by atoms with Gasteiger partial charge >= 0.3 is 5.97 Å². The maximum absolute atomic E-state index is 11.4. The number of benzene rings is 4. The largest absolute Gasteiger partial charge is 0.507 e. The van der Waals surface area contributed by atoms with Crippen LogP contribution in [0.4, 0.5) is 0 Å². The van der Waals surface area contributed by atoms with Crippen LogP contribution >= 0.6 is 0 Å². The SMILES string of the molecule is CCOC(=O)COc1cc(OCc2ccccc2)c(OC)cc1C=O.COc1cc(C=O)c(O)cc1OCc1ccccc1. The smallest absolute Gasteiger partial charge is 0.344 e. The molecule has 0 saturated heterocycles. The van der Waals surface area contributed by atoms with Gasteiger partial charge in [-0.25, -0.2) is 4.79 Å². The number of methoxy groups -OCH3 is 2. The van der Waals surface area contributed by atoms with Crippen LogP contribution in [-0.4, -0.2) is 51.1 Å². The molecule has 0 radical (unpaired) electrons. The lowest BCUT2D eigenvalue weighted by atomic mass is 10.2. The number of carbonyl (C=O) groups excluding carboxylic acids is 3. The molecule has 10 nitrogen and oxygen atoms in total. The van der Waals surface area contributed by atoms with Crippen LogP contribution in [0.1, 0.15) is 38.8 Å². The summed E-state index contributed by atoms with van der Waals surface area (Å²) in [5.41, 5.74) is 2.42. The van der Waals surface area contributed by atoms with Crippen molar-refractivity contribution in [3.05, 3.63) is 107 Å². The van der Waals surface area contributed by atoms with Crippen molar-refractivity contribution in [2.45, 2.75) is 20.1 Å². The highest BCUT2D eigenvalue weighted by molar-refractivity contribution is 5.82. The lowest BCUT2D eigenvalue weighted by molar-refractivity contribution is -0.145. The first-order valence-corrected chi connectivity index (χ1v) is 13.6. The number of hydrogen-bond acceptors (Lipinski definition) is 10. The molecule has 0 heterocycles. The highest BCUT2D eigenvalue weighted by Crippen LogP contribution is 2.35. The van der Waals surface area contributed by atoms with Gasteiger partial charge in [-0.2, -0.15) is 0 Å². The van der Waals surface area contributed by atoms with Crippen molar-refractivity contribution in [2.24, 2.45) is 0 Å². The molecule has 0 spiro atoms. The van der Waals surface area contributed by atoms with Gasteiger partial charge in [-0.05, 0) is 30.2 Å². The van der Waals surface area contributed by atoms with Gasteiger partial charge in [0.2, 0.25) is 0 Å². The Bertz CT molecular complexity index is 1500. The summed E-state index contributed by atoms with van der Waals surface area (Å²) in [4.78, 5) is 33.4. The van der Waals surface area contributed by atoms with E-state index in [9.17, 15) is 19.5 Å². The Balaban J connectivity index is 0.000000249. The second-order valence-corrected chi connectivity index (χ2v) is 8.98. The van der Waals surface area contributed by atoms with Crippen molar-refractivity contribution in [3.8, 4) is 34.5 Å². The zero-order valence-corrected chi connectivity index (χ0v) is 24.7. The lowest BCUT2D eigenvalue weighted by Crippen LogP contribution is -2.15. The van der Waals surface area contributed by atoms with Crippen molar-refractivity contribution in [1.29, 1.82) is 0 Å². The maximum atomic E-state index is 11.4. The molecule has 0 atom stereocenters. The fourth-order valence-corrected chi connectivity index (χ4v) is 3.79. The number of hydrogen-bond donors (Lipinski definition) is 1. The van der Waals surface area contributed by atoms with E-state index in [1.165, 1.54) is 38.5 Å². The van der Waals surface area contributed by atoms with Gasteiger partial charge in [-0.3, -0.25) is 9.59 Å². The van der Waals surface area contributed by atoms with E-state index in [0.717, 1.165) is 11.1 Å². The quantitative estimate of drug-likeness (QED) is 0.139. The molecule has 1 N–H and O–H groups in total. The third kappa shape index (κ3) is 9.80. The number of esters is 1. The van der Waals surface area contributed by atoms with Crippen LogP contribution in [0.2, 0.25) is 0 Å². The summed E-state index contributed by atoms with van der Waals surface area (Å²) >= 11 is 0. The Morgan fingerprint density at radius 3 is 1.64 bits per heavy atom. The van der Waals surface area contributed by atoms with E-state index in [1.54, 1.807) is 6.92 Å². The van der Waals surface area contributed by atoms with E-state index in [1.807, 2.05) is 60.7 Å². The van der Waals surface area contributed by atoms with Crippen LogP contribution in [0, 0.1) is 0 Å². The van der Waals surface area contributed by atoms with Gasteiger partial charge in [0.1, 0.15) is 24.7 Å². The van der Waals surface area contributed by atoms with Gasteiger partial charge in [-0.1, -0.05) is 60.7 Å². The second kappa shape index (κ2) is 17.4. The van der Waals surface area contributed by atoms with Crippen LogP contribution in [-0.2, 0) is 22.7 Å². The van der Waals surface area contributed by atoms with Crippen molar-refractivity contribution in [1.82, 2.24) is 0 Å². The standard InChI is InChI=1S/C19H20O6.C15H14O4/c1-3-23-19(21)13-25-16-10-18(17(22-2)9-15(16)11-20)24-12-14-7-5-4-6-8-14;1-18-14-7-12(9-16)13(17)8-15(14)19-10-11-5-3-2-4-6-11/h4-11H,3,12-13H2,1-2H3;2-9,17H,10H2,1H3. The molecule has 0 aliphatic carbocycles. The first-order chi connectivity index (χ1) is 21.4. The average molecular weight is 603 g/mol. The number of aldehydes is 2. The van der Waals surface area contributed by atoms with Crippen molar-refractivity contribution in [3.63, 3.8) is 0 Å². The van der Waals surface area contributed by atoms with Crippen LogP contribution in [0.25, 0.3) is 0 Å². The molecule has 44 heavy (non-hydrogen) atoms. The Morgan fingerprint density at radius 1 is 0.659 bits per heavy atom. The zero-order chi connectivity index (χ0) is 31.7. The van der Waals surface area contributed by atoms with Crippen LogP contribution in [0.5, 0.6) is 34.5 Å². The number of aromatic hydroxyl groups is 1. The van der Waals surface area contributed by atoms with Crippen molar-refractivity contribution >= 4 is 18.5 Å². The number of rotatable bonds is 14.